The van der Waals surface area contributed by atoms with E-state index in [0.29, 0.717) is 0 Å². The first-order valence-corrected chi connectivity index (χ1v) is 2.90. The molecule has 0 aliphatic carbocycles. The van der Waals surface area contributed by atoms with E-state index in [9.17, 15) is 0 Å². The van der Waals surface area contributed by atoms with Crippen molar-refractivity contribution in [2.24, 2.45) is 4.99 Å². The average Bonchev–Trinajstić information content (AvgIpc) is 1.85. The van der Waals surface area contributed by atoms with Crippen LogP contribution < -0.4 is 0 Å². The Morgan fingerprint density at radius 1 is 1.50 bits per heavy atom. The number of rotatable bonds is 0. The van der Waals surface area contributed by atoms with Crippen LogP contribution in [0.5, 0.6) is 0 Å². The molecule has 0 fully saturated rings. The molecule has 0 spiro atoms. The van der Waals surface area contributed by atoms with Gasteiger partial charge in [0.15, 0.2) is 0 Å². The lowest BCUT2D eigenvalue weighted by Gasteiger charge is -2.01. The van der Waals surface area contributed by atoms with Crippen LogP contribution in [0.4, 0.5) is 0 Å². The Kier molecular flexibility index (Phi) is 1.34. The second kappa shape index (κ2) is 1.86. The maximum Gasteiger partial charge on any atom is 0.146 e. The molecule has 0 bridgehead atoms. The second-order valence-corrected chi connectivity index (χ2v) is 2.15. The number of hydrogen-bond donors (Lipinski definition) is 0. The van der Waals surface area contributed by atoms with E-state index in [1.807, 2.05) is 20.8 Å². The Balaban J connectivity index is 2.59. The molecule has 0 saturated heterocycles. The summed E-state index contributed by atoms with van der Waals surface area (Å²) in [6.07, 6.45) is 0.329. The summed E-state index contributed by atoms with van der Waals surface area (Å²) < 4.78 is 5.27. The smallest absolute Gasteiger partial charge is 0.146 e. The van der Waals surface area contributed by atoms with E-state index in [2.05, 4.69) is 4.99 Å². The molecule has 0 radical (unpaired) electrons. The summed E-state index contributed by atoms with van der Waals surface area (Å²) in [7, 11) is 0. The predicted octanol–water partition coefficient (Wildman–Crippen LogP) is 1.21. The standard InChI is InChI=1S/C6H11NO/c1-4-5(2)8-6(3)7-4/h5-6H,1-3H3/t5-,6-/m0/s1. The fourth-order valence-corrected chi connectivity index (χ4v) is 0.816. The van der Waals surface area contributed by atoms with Crippen molar-refractivity contribution in [3.8, 4) is 0 Å². The van der Waals surface area contributed by atoms with E-state index in [0.717, 1.165) is 5.71 Å². The number of aliphatic imine (C=N–C) groups is 1. The van der Waals surface area contributed by atoms with Gasteiger partial charge in [0, 0.05) is 5.71 Å². The van der Waals surface area contributed by atoms with Gasteiger partial charge in [-0.25, -0.2) is 0 Å². The van der Waals surface area contributed by atoms with E-state index in [-0.39, 0.29) is 12.3 Å². The van der Waals surface area contributed by atoms with Gasteiger partial charge in [0.05, 0.1) is 6.10 Å². The summed E-state index contributed by atoms with van der Waals surface area (Å²) in [4.78, 5) is 4.16. The van der Waals surface area contributed by atoms with Crippen LogP contribution in [-0.2, 0) is 4.74 Å². The van der Waals surface area contributed by atoms with Crippen LogP contribution in [0.1, 0.15) is 20.8 Å². The minimum Gasteiger partial charge on any atom is -0.348 e. The zero-order valence-corrected chi connectivity index (χ0v) is 5.51. The summed E-state index contributed by atoms with van der Waals surface area (Å²) in [5.74, 6) is 0. The Labute approximate surface area is 49.6 Å². The summed E-state index contributed by atoms with van der Waals surface area (Å²) in [5.41, 5.74) is 1.11. The minimum absolute atomic E-state index is 0.0880. The summed E-state index contributed by atoms with van der Waals surface area (Å²) >= 11 is 0. The Morgan fingerprint density at radius 2 is 2.12 bits per heavy atom. The SMILES string of the molecule is CC1=N[C@H](C)O[C@H]1C. The van der Waals surface area contributed by atoms with Crippen LogP contribution >= 0.6 is 0 Å². The minimum atomic E-state index is 0.0880. The third-order valence-corrected chi connectivity index (χ3v) is 1.37. The zero-order valence-electron chi connectivity index (χ0n) is 5.51. The molecule has 8 heavy (non-hydrogen) atoms. The van der Waals surface area contributed by atoms with Crippen LogP contribution in [0.15, 0.2) is 4.99 Å². The first-order chi connectivity index (χ1) is 3.70. The normalized spacial score (nSPS) is 37.6. The highest BCUT2D eigenvalue weighted by molar-refractivity contribution is 5.87. The molecule has 0 aromatic carbocycles. The molecule has 2 nitrogen and oxygen atoms in total. The lowest BCUT2D eigenvalue weighted by Crippen LogP contribution is -2.11. The van der Waals surface area contributed by atoms with E-state index >= 15 is 0 Å². The highest BCUT2D eigenvalue weighted by Gasteiger charge is 2.16. The molecule has 2 atom stereocenters. The van der Waals surface area contributed by atoms with Gasteiger partial charge in [-0.05, 0) is 20.8 Å². The summed E-state index contributed by atoms with van der Waals surface area (Å²) in [5, 5.41) is 0. The number of ether oxygens (including phenoxy) is 1. The topological polar surface area (TPSA) is 21.6 Å². The van der Waals surface area contributed by atoms with Gasteiger partial charge in [-0.1, -0.05) is 0 Å². The maximum atomic E-state index is 5.27. The molecule has 1 aliphatic heterocycles. The van der Waals surface area contributed by atoms with Crippen LogP contribution in [0.2, 0.25) is 0 Å². The molecular weight excluding hydrogens is 102 g/mol. The first kappa shape index (κ1) is 5.76. The van der Waals surface area contributed by atoms with Crippen LogP contribution in [0.3, 0.4) is 0 Å². The van der Waals surface area contributed by atoms with E-state index in [1.54, 1.807) is 0 Å². The van der Waals surface area contributed by atoms with Gasteiger partial charge in [-0.15, -0.1) is 0 Å². The molecule has 0 saturated carbocycles. The molecule has 0 amide bonds. The van der Waals surface area contributed by atoms with Crippen LogP contribution in [-0.4, -0.2) is 18.0 Å². The molecule has 46 valence electrons. The lowest BCUT2D eigenvalue weighted by molar-refractivity contribution is 0.0723. The van der Waals surface area contributed by atoms with Gasteiger partial charge in [0.25, 0.3) is 0 Å². The molecule has 1 heterocycles. The lowest BCUT2D eigenvalue weighted by atomic mass is 10.3. The van der Waals surface area contributed by atoms with Crippen molar-refractivity contribution >= 4 is 5.71 Å². The van der Waals surface area contributed by atoms with Gasteiger partial charge < -0.3 is 4.74 Å². The van der Waals surface area contributed by atoms with Crippen molar-refractivity contribution in [3.05, 3.63) is 0 Å². The highest BCUT2D eigenvalue weighted by Crippen LogP contribution is 2.09. The number of nitrogens with zero attached hydrogens (tertiary/aromatic N) is 1. The quantitative estimate of drug-likeness (QED) is 0.462. The van der Waals surface area contributed by atoms with Crippen LogP contribution in [0.25, 0.3) is 0 Å². The predicted molar refractivity (Wildman–Crippen MR) is 33.1 cm³/mol. The van der Waals surface area contributed by atoms with E-state index in [4.69, 9.17) is 4.74 Å². The summed E-state index contributed by atoms with van der Waals surface area (Å²) in [6, 6.07) is 0. The fourth-order valence-electron chi connectivity index (χ4n) is 0.816. The molecule has 0 aromatic heterocycles. The largest absolute Gasteiger partial charge is 0.348 e. The van der Waals surface area contributed by atoms with Crippen molar-refractivity contribution in [2.75, 3.05) is 0 Å². The molecule has 1 aliphatic rings. The molecule has 2 heteroatoms. The zero-order chi connectivity index (χ0) is 6.15. The molecule has 1 rings (SSSR count). The average molecular weight is 113 g/mol. The van der Waals surface area contributed by atoms with Gasteiger partial charge in [0.2, 0.25) is 0 Å². The van der Waals surface area contributed by atoms with Crippen molar-refractivity contribution in [1.29, 1.82) is 0 Å². The molecule has 0 aromatic rings. The van der Waals surface area contributed by atoms with Gasteiger partial charge >= 0.3 is 0 Å². The third-order valence-electron chi connectivity index (χ3n) is 1.37. The van der Waals surface area contributed by atoms with Gasteiger partial charge in [0.1, 0.15) is 6.23 Å². The van der Waals surface area contributed by atoms with Crippen molar-refractivity contribution < 1.29 is 4.74 Å². The van der Waals surface area contributed by atoms with Crippen molar-refractivity contribution in [2.45, 2.75) is 33.1 Å². The monoisotopic (exact) mass is 113 g/mol. The third kappa shape index (κ3) is 0.892. The van der Waals surface area contributed by atoms with Crippen molar-refractivity contribution in [1.82, 2.24) is 0 Å². The van der Waals surface area contributed by atoms with E-state index in [1.165, 1.54) is 0 Å². The van der Waals surface area contributed by atoms with Gasteiger partial charge in [-0.3, -0.25) is 4.99 Å². The number of hydrogen-bond acceptors (Lipinski definition) is 2. The Hall–Kier alpha value is -0.370. The Morgan fingerprint density at radius 3 is 2.25 bits per heavy atom. The second-order valence-electron chi connectivity index (χ2n) is 2.15. The first-order valence-electron chi connectivity index (χ1n) is 2.90. The fraction of sp³-hybridized carbons (Fsp3) is 0.833. The molecule has 0 unspecified atom stereocenters. The highest BCUT2D eigenvalue weighted by atomic mass is 16.5. The van der Waals surface area contributed by atoms with E-state index < -0.39 is 0 Å². The summed E-state index contributed by atoms with van der Waals surface area (Å²) in [6.45, 7) is 5.96. The van der Waals surface area contributed by atoms with Crippen molar-refractivity contribution in [3.63, 3.8) is 0 Å². The van der Waals surface area contributed by atoms with Gasteiger partial charge in [-0.2, -0.15) is 0 Å². The molecular formula is C6H11NO. The van der Waals surface area contributed by atoms with Crippen LogP contribution in [0, 0.1) is 0 Å². The Bertz CT molecular complexity index is 120. The maximum absolute atomic E-state index is 5.27. The molecule has 0 N–H and O–H groups in total.